The third-order valence-corrected chi connectivity index (χ3v) is 4.00. The minimum Gasteiger partial charge on any atom is -0.424 e. The van der Waals surface area contributed by atoms with Crippen molar-refractivity contribution in [3.8, 4) is 0 Å². The summed E-state index contributed by atoms with van der Waals surface area (Å²) in [4.78, 5) is 0. The van der Waals surface area contributed by atoms with Gasteiger partial charge in [0.15, 0.2) is 0 Å². The fourth-order valence-electron chi connectivity index (χ4n) is 2.48. The van der Waals surface area contributed by atoms with E-state index in [4.69, 9.17) is 4.43 Å². The smallest absolute Gasteiger partial charge is 0.146 e. The normalized spacial score (nSPS) is 12.8. The Morgan fingerprint density at radius 2 is 1.33 bits per heavy atom. The first-order valence-electron chi connectivity index (χ1n) is 6.49. The second-order valence-electron chi connectivity index (χ2n) is 4.48. The Bertz CT molecular complexity index is 412. The topological polar surface area (TPSA) is 9.23 Å². The zero-order chi connectivity index (χ0) is 12.8. The molecule has 0 aliphatic rings. The molecule has 0 aliphatic carbocycles. The van der Waals surface area contributed by atoms with Gasteiger partial charge in [-0.15, -0.1) is 0 Å². The first-order chi connectivity index (χ1) is 8.86. The molecule has 2 rings (SSSR count). The second-order valence-corrected chi connectivity index (χ2v) is 4.95. The largest absolute Gasteiger partial charge is 0.424 e. The summed E-state index contributed by atoms with van der Waals surface area (Å²) in [5, 5.41) is 0. The monoisotopic (exact) mass is 256 g/mol. The van der Waals surface area contributed by atoms with Crippen LogP contribution in [-0.2, 0) is 4.43 Å². The van der Waals surface area contributed by atoms with Crippen molar-refractivity contribution < 1.29 is 4.43 Å². The summed E-state index contributed by atoms with van der Waals surface area (Å²) in [7, 11) is 0.782. The summed E-state index contributed by atoms with van der Waals surface area (Å²) in [5.41, 5.74) is 2.68. The van der Waals surface area contributed by atoms with Gasteiger partial charge in [0.05, 0.1) is 6.10 Å². The van der Waals surface area contributed by atoms with Crippen molar-refractivity contribution in [2.24, 2.45) is 0 Å². The molecular formula is C16H20OSi. The van der Waals surface area contributed by atoms with Gasteiger partial charge in [-0.3, -0.25) is 0 Å². The molecule has 0 saturated carbocycles. The lowest BCUT2D eigenvalue weighted by Gasteiger charge is -2.26. The molecule has 0 bridgehead atoms. The SMILES string of the molecule is CCC(O[SiH3])C(c1ccccc1)c1ccccc1. The van der Waals surface area contributed by atoms with E-state index in [0.717, 1.165) is 16.9 Å². The number of benzene rings is 2. The minimum atomic E-state index is 0.279. The van der Waals surface area contributed by atoms with Crippen LogP contribution in [0.3, 0.4) is 0 Å². The molecule has 0 saturated heterocycles. The van der Waals surface area contributed by atoms with Gasteiger partial charge in [-0.2, -0.15) is 0 Å². The molecule has 0 radical (unpaired) electrons. The summed E-state index contributed by atoms with van der Waals surface area (Å²) in [6.07, 6.45) is 1.32. The zero-order valence-electron chi connectivity index (χ0n) is 11.0. The number of rotatable bonds is 5. The molecule has 0 N–H and O–H groups in total. The van der Waals surface area contributed by atoms with Crippen LogP contribution in [0, 0.1) is 0 Å². The fourth-order valence-corrected chi connectivity index (χ4v) is 3.09. The second kappa shape index (κ2) is 6.52. The molecule has 1 unspecified atom stereocenters. The maximum absolute atomic E-state index is 5.81. The highest BCUT2D eigenvalue weighted by molar-refractivity contribution is 5.98. The van der Waals surface area contributed by atoms with Gasteiger partial charge in [-0.25, -0.2) is 0 Å². The highest BCUT2D eigenvalue weighted by Crippen LogP contribution is 2.30. The van der Waals surface area contributed by atoms with Gasteiger partial charge in [-0.05, 0) is 17.5 Å². The molecule has 0 fully saturated rings. The van der Waals surface area contributed by atoms with Crippen LogP contribution in [0.1, 0.15) is 30.4 Å². The predicted octanol–water partition coefficient (Wildman–Crippen LogP) is 2.89. The lowest BCUT2D eigenvalue weighted by atomic mass is 9.85. The summed E-state index contributed by atoms with van der Waals surface area (Å²) in [6, 6.07) is 21.3. The Morgan fingerprint density at radius 3 is 1.67 bits per heavy atom. The van der Waals surface area contributed by atoms with Crippen LogP contribution >= 0.6 is 0 Å². The Balaban J connectivity index is 2.41. The molecule has 1 atom stereocenters. The summed E-state index contributed by atoms with van der Waals surface area (Å²) in [6.45, 7) is 2.20. The van der Waals surface area contributed by atoms with Crippen molar-refractivity contribution >= 4 is 10.5 Å². The van der Waals surface area contributed by atoms with Crippen LogP contribution in [0.4, 0.5) is 0 Å². The van der Waals surface area contributed by atoms with Crippen molar-refractivity contribution in [2.45, 2.75) is 25.4 Å². The van der Waals surface area contributed by atoms with Crippen LogP contribution in [-0.4, -0.2) is 16.6 Å². The Morgan fingerprint density at radius 1 is 0.889 bits per heavy atom. The van der Waals surface area contributed by atoms with E-state index < -0.39 is 0 Å². The van der Waals surface area contributed by atoms with Crippen LogP contribution in [0.2, 0.25) is 0 Å². The maximum Gasteiger partial charge on any atom is 0.146 e. The van der Waals surface area contributed by atoms with E-state index in [2.05, 4.69) is 67.6 Å². The van der Waals surface area contributed by atoms with Crippen molar-refractivity contribution in [1.29, 1.82) is 0 Å². The van der Waals surface area contributed by atoms with Crippen molar-refractivity contribution in [2.75, 3.05) is 0 Å². The lowest BCUT2D eigenvalue weighted by molar-refractivity contribution is 0.196. The Labute approximate surface area is 112 Å². The minimum absolute atomic E-state index is 0.279. The number of hydrogen-bond donors (Lipinski definition) is 0. The molecule has 0 aliphatic heterocycles. The Kier molecular flexibility index (Phi) is 4.73. The summed E-state index contributed by atoms with van der Waals surface area (Å²) in [5.74, 6) is 0.342. The van der Waals surface area contributed by atoms with Gasteiger partial charge in [0, 0.05) is 5.92 Å². The molecule has 2 aromatic rings. The summed E-state index contributed by atoms with van der Waals surface area (Å²) < 4.78 is 5.81. The van der Waals surface area contributed by atoms with Crippen LogP contribution in [0.25, 0.3) is 0 Å². The highest BCUT2D eigenvalue weighted by Gasteiger charge is 2.22. The molecule has 2 heteroatoms. The first-order valence-corrected chi connectivity index (χ1v) is 7.31. The summed E-state index contributed by atoms with van der Waals surface area (Å²) >= 11 is 0. The molecule has 94 valence electrons. The van der Waals surface area contributed by atoms with E-state index in [1.54, 1.807) is 0 Å². The molecule has 2 aromatic carbocycles. The van der Waals surface area contributed by atoms with Crippen molar-refractivity contribution in [1.82, 2.24) is 0 Å². The van der Waals surface area contributed by atoms with E-state index in [-0.39, 0.29) is 6.10 Å². The first kappa shape index (κ1) is 13.1. The molecule has 0 spiro atoms. The number of hydrogen-bond acceptors (Lipinski definition) is 1. The standard InChI is InChI=1S/C16H20OSi/c1-2-15(17-18)16(13-9-5-3-6-10-13)14-11-7-4-8-12-14/h3-12,15-16H,2H2,1,18H3. The van der Waals surface area contributed by atoms with Gasteiger partial charge >= 0.3 is 0 Å². The molecule has 1 nitrogen and oxygen atoms in total. The molecule has 0 aromatic heterocycles. The van der Waals surface area contributed by atoms with E-state index >= 15 is 0 Å². The molecule has 0 amide bonds. The molecule has 18 heavy (non-hydrogen) atoms. The van der Waals surface area contributed by atoms with Gasteiger partial charge < -0.3 is 4.43 Å². The van der Waals surface area contributed by atoms with Crippen molar-refractivity contribution in [3.05, 3.63) is 71.8 Å². The lowest BCUT2D eigenvalue weighted by Crippen LogP contribution is -2.21. The average molecular weight is 256 g/mol. The highest BCUT2D eigenvalue weighted by atomic mass is 28.2. The average Bonchev–Trinajstić information content (AvgIpc) is 2.46. The van der Waals surface area contributed by atoms with Crippen LogP contribution in [0.5, 0.6) is 0 Å². The van der Waals surface area contributed by atoms with E-state index in [1.807, 2.05) is 0 Å². The van der Waals surface area contributed by atoms with Gasteiger partial charge in [0.1, 0.15) is 10.5 Å². The third-order valence-electron chi connectivity index (χ3n) is 3.39. The predicted molar refractivity (Wildman–Crippen MR) is 79.8 cm³/mol. The van der Waals surface area contributed by atoms with E-state index in [9.17, 15) is 0 Å². The maximum atomic E-state index is 5.81. The fraction of sp³-hybridized carbons (Fsp3) is 0.250. The van der Waals surface area contributed by atoms with Gasteiger partial charge in [-0.1, -0.05) is 67.6 Å². The molecular weight excluding hydrogens is 236 g/mol. The van der Waals surface area contributed by atoms with E-state index in [1.165, 1.54) is 11.1 Å². The Hall–Kier alpha value is -1.38. The van der Waals surface area contributed by atoms with Gasteiger partial charge in [0.2, 0.25) is 0 Å². The third kappa shape index (κ3) is 2.89. The van der Waals surface area contributed by atoms with Crippen LogP contribution < -0.4 is 0 Å². The van der Waals surface area contributed by atoms with Crippen LogP contribution in [0.15, 0.2) is 60.7 Å². The molecule has 0 heterocycles. The van der Waals surface area contributed by atoms with Crippen molar-refractivity contribution in [3.63, 3.8) is 0 Å². The quantitative estimate of drug-likeness (QED) is 0.748. The van der Waals surface area contributed by atoms with E-state index in [0.29, 0.717) is 5.92 Å². The van der Waals surface area contributed by atoms with Gasteiger partial charge in [0.25, 0.3) is 0 Å². The zero-order valence-corrected chi connectivity index (χ0v) is 13.0.